The van der Waals surface area contributed by atoms with Crippen LogP contribution in [0.5, 0.6) is 0 Å². The van der Waals surface area contributed by atoms with Crippen molar-refractivity contribution in [2.75, 3.05) is 11.9 Å². The molecule has 0 N–H and O–H groups in total. The Morgan fingerprint density at radius 1 is 1.18 bits per heavy atom. The van der Waals surface area contributed by atoms with Crippen LogP contribution in [-0.2, 0) is 5.88 Å². The fourth-order valence-corrected chi connectivity index (χ4v) is 1.91. The van der Waals surface area contributed by atoms with Gasteiger partial charge < -0.3 is 4.90 Å². The first-order valence-corrected chi connectivity index (χ1v) is 6.06. The molecule has 0 spiro atoms. The molecule has 17 heavy (non-hydrogen) atoms. The summed E-state index contributed by atoms with van der Waals surface area (Å²) >= 11 is 5.88. The molecule has 88 valence electrons. The number of rotatable bonds is 3. The van der Waals surface area contributed by atoms with Crippen molar-refractivity contribution in [3.63, 3.8) is 0 Å². The molecule has 0 saturated carbocycles. The lowest BCUT2D eigenvalue weighted by Crippen LogP contribution is -2.11. The standard InChI is InChI=1S/C14H15ClN2/c1-11-8-12(10-15)9-14(16-11)17(2)13-6-4-3-5-7-13/h3-9H,10H2,1-2H3. The molecule has 0 radical (unpaired) electrons. The zero-order valence-electron chi connectivity index (χ0n) is 10.0. The first-order chi connectivity index (χ1) is 8.20. The molecule has 2 nitrogen and oxygen atoms in total. The van der Waals surface area contributed by atoms with Gasteiger partial charge in [0.2, 0.25) is 0 Å². The minimum Gasteiger partial charge on any atom is -0.329 e. The van der Waals surface area contributed by atoms with Gasteiger partial charge in [-0.3, -0.25) is 0 Å². The highest BCUT2D eigenvalue weighted by Crippen LogP contribution is 2.23. The molecular weight excluding hydrogens is 232 g/mol. The van der Waals surface area contributed by atoms with Crippen molar-refractivity contribution in [3.05, 3.63) is 53.7 Å². The second-order valence-corrected chi connectivity index (χ2v) is 4.27. The number of aryl methyl sites for hydroxylation is 1. The zero-order chi connectivity index (χ0) is 12.3. The van der Waals surface area contributed by atoms with Gasteiger partial charge in [0.15, 0.2) is 0 Å². The van der Waals surface area contributed by atoms with Gasteiger partial charge in [0.25, 0.3) is 0 Å². The maximum absolute atomic E-state index is 5.88. The SMILES string of the molecule is Cc1cc(CCl)cc(N(C)c2ccccc2)n1. The lowest BCUT2D eigenvalue weighted by molar-refractivity contribution is 1.08. The largest absolute Gasteiger partial charge is 0.329 e. The summed E-state index contributed by atoms with van der Waals surface area (Å²) in [6.07, 6.45) is 0. The van der Waals surface area contributed by atoms with E-state index in [1.54, 1.807) is 0 Å². The fraction of sp³-hybridized carbons (Fsp3) is 0.214. The lowest BCUT2D eigenvalue weighted by Gasteiger charge is -2.19. The van der Waals surface area contributed by atoms with Crippen LogP contribution in [0.25, 0.3) is 0 Å². The van der Waals surface area contributed by atoms with E-state index in [2.05, 4.69) is 22.0 Å². The molecule has 2 aromatic rings. The number of pyridine rings is 1. The zero-order valence-corrected chi connectivity index (χ0v) is 10.8. The molecular formula is C14H15ClN2. The summed E-state index contributed by atoms with van der Waals surface area (Å²) in [5.41, 5.74) is 3.20. The van der Waals surface area contributed by atoms with Crippen molar-refractivity contribution in [1.29, 1.82) is 0 Å². The Hall–Kier alpha value is -1.54. The van der Waals surface area contributed by atoms with E-state index < -0.39 is 0 Å². The Balaban J connectivity index is 2.37. The van der Waals surface area contributed by atoms with E-state index in [0.29, 0.717) is 5.88 Å². The summed E-state index contributed by atoms with van der Waals surface area (Å²) < 4.78 is 0. The highest BCUT2D eigenvalue weighted by molar-refractivity contribution is 6.17. The number of aromatic nitrogens is 1. The maximum atomic E-state index is 5.88. The average molecular weight is 247 g/mol. The van der Waals surface area contributed by atoms with E-state index in [4.69, 9.17) is 11.6 Å². The highest BCUT2D eigenvalue weighted by atomic mass is 35.5. The van der Waals surface area contributed by atoms with Crippen molar-refractivity contribution >= 4 is 23.1 Å². The van der Waals surface area contributed by atoms with Crippen LogP contribution in [-0.4, -0.2) is 12.0 Å². The van der Waals surface area contributed by atoms with Crippen molar-refractivity contribution in [2.45, 2.75) is 12.8 Å². The summed E-state index contributed by atoms with van der Waals surface area (Å²) in [7, 11) is 2.01. The predicted octanol–water partition coefficient (Wildman–Crippen LogP) is 3.90. The summed E-state index contributed by atoms with van der Waals surface area (Å²) in [5.74, 6) is 1.44. The van der Waals surface area contributed by atoms with E-state index >= 15 is 0 Å². The van der Waals surface area contributed by atoms with Gasteiger partial charge in [0.05, 0.1) is 0 Å². The molecule has 0 aliphatic heterocycles. The Morgan fingerprint density at radius 2 is 1.88 bits per heavy atom. The number of halogens is 1. The van der Waals surface area contributed by atoms with Crippen LogP contribution in [0.2, 0.25) is 0 Å². The van der Waals surface area contributed by atoms with Gasteiger partial charge in [0, 0.05) is 24.3 Å². The number of hydrogen-bond acceptors (Lipinski definition) is 2. The number of anilines is 2. The highest BCUT2D eigenvalue weighted by Gasteiger charge is 2.06. The molecule has 0 bridgehead atoms. The molecule has 0 unspecified atom stereocenters. The molecule has 1 heterocycles. The van der Waals surface area contributed by atoms with E-state index in [9.17, 15) is 0 Å². The summed E-state index contributed by atoms with van der Waals surface area (Å²) in [4.78, 5) is 6.58. The van der Waals surface area contributed by atoms with Crippen LogP contribution in [0, 0.1) is 6.92 Å². The number of benzene rings is 1. The molecule has 3 heteroatoms. The van der Waals surface area contributed by atoms with Crippen molar-refractivity contribution in [1.82, 2.24) is 4.98 Å². The molecule has 1 aromatic carbocycles. The summed E-state index contributed by atoms with van der Waals surface area (Å²) in [6.45, 7) is 1.98. The van der Waals surface area contributed by atoms with Gasteiger partial charge in [-0.05, 0) is 36.8 Å². The quantitative estimate of drug-likeness (QED) is 0.764. The van der Waals surface area contributed by atoms with Crippen LogP contribution >= 0.6 is 11.6 Å². The molecule has 2 rings (SSSR count). The topological polar surface area (TPSA) is 16.1 Å². The van der Waals surface area contributed by atoms with Gasteiger partial charge in [-0.2, -0.15) is 0 Å². The number of nitrogens with zero attached hydrogens (tertiary/aromatic N) is 2. The minimum atomic E-state index is 0.513. The molecule has 0 fully saturated rings. The Labute approximate surface area is 107 Å². The van der Waals surface area contributed by atoms with Crippen LogP contribution < -0.4 is 4.90 Å². The van der Waals surface area contributed by atoms with Crippen LogP contribution in [0.1, 0.15) is 11.3 Å². The van der Waals surface area contributed by atoms with E-state index in [1.165, 1.54) is 0 Å². The van der Waals surface area contributed by atoms with Gasteiger partial charge >= 0.3 is 0 Å². The number of para-hydroxylation sites is 1. The van der Waals surface area contributed by atoms with Crippen molar-refractivity contribution in [3.8, 4) is 0 Å². The number of hydrogen-bond donors (Lipinski definition) is 0. The van der Waals surface area contributed by atoms with E-state index in [1.807, 2.05) is 44.3 Å². The molecule has 0 saturated heterocycles. The van der Waals surface area contributed by atoms with Crippen LogP contribution in [0.15, 0.2) is 42.5 Å². The number of alkyl halides is 1. The smallest absolute Gasteiger partial charge is 0.133 e. The third-order valence-electron chi connectivity index (χ3n) is 2.64. The molecule has 0 atom stereocenters. The van der Waals surface area contributed by atoms with Gasteiger partial charge in [0.1, 0.15) is 5.82 Å². The Morgan fingerprint density at radius 3 is 2.53 bits per heavy atom. The second-order valence-electron chi connectivity index (χ2n) is 4.00. The molecule has 1 aromatic heterocycles. The molecule has 0 amide bonds. The van der Waals surface area contributed by atoms with Gasteiger partial charge in [-0.25, -0.2) is 4.98 Å². The summed E-state index contributed by atoms with van der Waals surface area (Å²) in [6, 6.07) is 14.2. The second kappa shape index (κ2) is 5.19. The van der Waals surface area contributed by atoms with E-state index in [0.717, 1.165) is 22.8 Å². The lowest BCUT2D eigenvalue weighted by atomic mass is 10.2. The maximum Gasteiger partial charge on any atom is 0.133 e. The summed E-state index contributed by atoms with van der Waals surface area (Å²) in [5, 5.41) is 0. The third-order valence-corrected chi connectivity index (χ3v) is 2.95. The van der Waals surface area contributed by atoms with E-state index in [-0.39, 0.29) is 0 Å². The predicted molar refractivity (Wildman–Crippen MR) is 73.0 cm³/mol. The molecule has 0 aliphatic rings. The minimum absolute atomic E-state index is 0.513. The fourth-order valence-electron chi connectivity index (χ4n) is 1.75. The van der Waals surface area contributed by atoms with Crippen LogP contribution in [0.4, 0.5) is 11.5 Å². The molecule has 0 aliphatic carbocycles. The van der Waals surface area contributed by atoms with Crippen molar-refractivity contribution < 1.29 is 0 Å². The normalized spacial score (nSPS) is 10.3. The monoisotopic (exact) mass is 246 g/mol. The van der Waals surface area contributed by atoms with Gasteiger partial charge in [-0.15, -0.1) is 11.6 Å². The van der Waals surface area contributed by atoms with Crippen molar-refractivity contribution in [2.24, 2.45) is 0 Å². The Kier molecular flexibility index (Phi) is 3.64. The van der Waals surface area contributed by atoms with Crippen LogP contribution in [0.3, 0.4) is 0 Å². The van der Waals surface area contributed by atoms with Gasteiger partial charge in [-0.1, -0.05) is 18.2 Å². The first kappa shape index (κ1) is 11.9. The first-order valence-electron chi connectivity index (χ1n) is 5.53. The Bertz CT molecular complexity index is 497. The average Bonchev–Trinajstić information content (AvgIpc) is 2.38. The third kappa shape index (κ3) is 2.77.